The molecule has 2 saturated heterocycles. The van der Waals surface area contributed by atoms with Gasteiger partial charge in [-0.3, -0.25) is 14.6 Å². The number of rotatable bonds is 7. The van der Waals surface area contributed by atoms with Gasteiger partial charge in [-0.1, -0.05) is 0 Å². The van der Waals surface area contributed by atoms with Gasteiger partial charge in [0.25, 0.3) is 0 Å². The number of carbonyl (C=O) groups is 1. The van der Waals surface area contributed by atoms with Crippen molar-refractivity contribution in [3.8, 4) is 0 Å². The normalized spacial score (nSPS) is 22.3. The highest BCUT2D eigenvalue weighted by molar-refractivity contribution is 5.78. The van der Waals surface area contributed by atoms with Crippen molar-refractivity contribution in [2.75, 3.05) is 46.4 Å². The maximum Gasteiger partial charge on any atom is 0.224 e. The summed E-state index contributed by atoms with van der Waals surface area (Å²) in [6.07, 6.45) is 4.42. The zero-order valence-electron chi connectivity index (χ0n) is 17.6. The molecule has 1 N–H and O–H groups in total. The van der Waals surface area contributed by atoms with Crippen LogP contribution in [0.4, 0.5) is 0 Å². The minimum atomic E-state index is 0.118. The second kappa shape index (κ2) is 10.3. The van der Waals surface area contributed by atoms with Crippen LogP contribution in [0.2, 0.25) is 0 Å². The first-order valence-corrected chi connectivity index (χ1v) is 10.6. The van der Waals surface area contributed by atoms with Gasteiger partial charge in [-0.2, -0.15) is 0 Å². The Morgan fingerprint density at radius 1 is 1.18 bits per heavy atom. The Balaban J connectivity index is 1.45. The van der Waals surface area contributed by atoms with Crippen LogP contribution in [0.15, 0.2) is 6.07 Å². The van der Waals surface area contributed by atoms with E-state index in [4.69, 9.17) is 4.74 Å². The third-order valence-electron chi connectivity index (χ3n) is 5.90. The van der Waals surface area contributed by atoms with Gasteiger partial charge < -0.3 is 10.1 Å². The molecule has 1 amide bonds. The molecule has 7 heteroatoms. The molecule has 2 aliphatic rings. The van der Waals surface area contributed by atoms with Gasteiger partial charge in [0.2, 0.25) is 5.91 Å². The van der Waals surface area contributed by atoms with Crippen molar-refractivity contribution in [2.24, 2.45) is 5.92 Å². The predicted molar refractivity (Wildman–Crippen MR) is 109 cm³/mol. The molecule has 0 radical (unpaired) electrons. The highest BCUT2D eigenvalue weighted by Gasteiger charge is 2.31. The number of likely N-dealkylation sites (tertiary alicyclic amines) is 2. The summed E-state index contributed by atoms with van der Waals surface area (Å²) < 4.78 is 5.02. The van der Waals surface area contributed by atoms with E-state index in [0.29, 0.717) is 19.2 Å². The summed E-state index contributed by atoms with van der Waals surface area (Å²) in [5, 5.41) is 3.01. The standard InChI is InChI=1S/C21H35N5O2/c1-16-13-17(2)24-20(23-16)15-25-10-6-19(7-11-25)26-9-4-5-18(14-26)21(27)22-8-12-28-3/h13,18-19H,4-12,14-15H2,1-3H3,(H,22,27)/t18-/m1/s1. The fourth-order valence-corrected chi connectivity index (χ4v) is 4.49. The predicted octanol–water partition coefficient (Wildman–Crippen LogP) is 1.53. The summed E-state index contributed by atoms with van der Waals surface area (Å²) in [7, 11) is 1.66. The summed E-state index contributed by atoms with van der Waals surface area (Å²) in [5.41, 5.74) is 2.08. The number of piperidine rings is 2. The van der Waals surface area contributed by atoms with Gasteiger partial charge in [0.1, 0.15) is 5.82 Å². The van der Waals surface area contributed by atoms with Crippen LogP contribution in [0.1, 0.15) is 42.9 Å². The second-order valence-electron chi connectivity index (χ2n) is 8.19. The van der Waals surface area contributed by atoms with Gasteiger partial charge in [0, 0.05) is 50.7 Å². The minimum Gasteiger partial charge on any atom is -0.383 e. The molecule has 2 fully saturated rings. The van der Waals surface area contributed by atoms with Gasteiger partial charge in [0.15, 0.2) is 0 Å². The van der Waals surface area contributed by atoms with Crippen molar-refractivity contribution in [3.05, 3.63) is 23.3 Å². The number of carbonyl (C=O) groups excluding carboxylic acids is 1. The fraction of sp³-hybridized carbons (Fsp3) is 0.762. The summed E-state index contributed by atoms with van der Waals surface area (Å²) in [6.45, 7) is 10.2. The molecule has 1 aromatic heterocycles. The highest BCUT2D eigenvalue weighted by atomic mass is 16.5. The largest absolute Gasteiger partial charge is 0.383 e. The Bertz CT molecular complexity index is 625. The molecule has 0 unspecified atom stereocenters. The van der Waals surface area contributed by atoms with Gasteiger partial charge in [-0.05, 0) is 52.1 Å². The van der Waals surface area contributed by atoms with Crippen LogP contribution in [-0.4, -0.2) is 78.2 Å². The van der Waals surface area contributed by atoms with Crippen LogP contribution in [0.3, 0.4) is 0 Å². The number of hydrogen-bond acceptors (Lipinski definition) is 6. The quantitative estimate of drug-likeness (QED) is 0.713. The van der Waals surface area contributed by atoms with E-state index in [2.05, 4.69) is 25.1 Å². The zero-order valence-corrected chi connectivity index (χ0v) is 17.6. The number of amides is 1. The number of aromatic nitrogens is 2. The molecule has 2 aliphatic heterocycles. The number of hydrogen-bond donors (Lipinski definition) is 1. The van der Waals surface area contributed by atoms with Gasteiger partial charge in [-0.15, -0.1) is 0 Å². The number of nitrogens with one attached hydrogen (secondary N) is 1. The van der Waals surface area contributed by atoms with E-state index >= 15 is 0 Å². The Morgan fingerprint density at radius 2 is 1.89 bits per heavy atom. The summed E-state index contributed by atoms with van der Waals surface area (Å²) in [6, 6.07) is 2.61. The molecule has 0 aromatic carbocycles. The van der Waals surface area contributed by atoms with Crippen LogP contribution >= 0.6 is 0 Å². The Kier molecular flexibility index (Phi) is 7.76. The van der Waals surface area contributed by atoms with E-state index in [-0.39, 0.29) is 11.8 Å². The molecule has 3 heterocycles. The lowest BCUT2D eigenvalue weighted by molar-refractivity contribution is -0.127. The third-order valence-corrected chi connectivity index (χ3v) is 5.90. The fourth-order valence-electron chi connectivity index (χ4n) is 4.49. The van der Waals surface area contributed by atoms with Crippen LogP contribution in [0.25, 0.3) is 0 Å². The lowest BCUT2D eigenvalue weighted by Crippen LogP contribution is -2.50. The number of methoxy groups -OCH3 is 1. The molecule has 28 heavy (non-hydrogen) atoms. The van der Waals surface area contributed by atoms with E-state index in [9.17, 15) is 4.79 Å². The summed E-state index contributed by atoms with van der Waals surface area (Å²) >= 11 is 0. The lowest BCUT2D eigenvalue weighted by atomic mass is 9.93. The van der Waals surface area contributed by atoms with Crippen molar-refractivity contribution in [2.45, 2.75) is 52.1 Å². The van der Waals surface area contributed by atoms with Gasteiger partial charge in [-0.25, -0.2) is 9.97 Å². The molecule has 3 rings (SSSR count). The highest BCUT2D eigenvalue weighted by Crippen LogP contribution is 2.24. The molecule has 0 saturated carbocycles. The summed E-state index contributed by atoms with van der Waals surface area (Å²) in [5.74, 6) is 1.24. The lowest BCUT2D eigenvalue weighted by Gasteiger charge is -2.42. The van der Waals surface area contributed by atoms with Crippen molar-refractivity contribution >= 4 is 5.91 Å². The van der Waals surface area contributed by atoms with E-state index in [1.807, 2.05) is 19.9 Å². The summed E-state index contributed by atoms with van der Waals surface area (Å²) in [4.78, 5) is 26.6. The van der Waals surface area contributed by atoms with E-state index in [1.165, 1.54) is 0 Å². The first-order valence-electron chi connectivity index (χ1n) is 10.6. The van der Waals surface area contributed by atoms with Gasteiger partial charge >= 0.3 is 0 Å². The Labute approximate surface area is 168 Å². The third kappa shape index (κ3) is 5.96. The van der Waals surface area contributed by atoms with Crippen molar-refractivity contribution in [3.63, 3.8) is 0 Å². The average molecular weight is 390 g/mol. The van der Waals surface area contributed by atoms with E-state index in [0.717, 1.165) is 75.6 Å². The number of aryl methyl sites for hydroxylation is 2. The second-order valence-corrected chi connectivity index (χ2v) is 8.19. The molecule has 1 aromatic rings. The monoisotopic (exact) mass is 389 g/mol. The van der Waals surface area contributed by atoms with E-state index in [1.54, 1.807) is 7.11 Å². The maximum absolute atomic E-state index is 12.4. The molecular weight excluding hydrogens is 354 g/mol. The number of nitrogens with zero attached hydrogens (tertiary/aromatic N) is 4. The Morgan fingerprint density at radius 3 is 2.57 bits per heavy atom. The molecule has 156 valence electrons. The molecule has 0 aliphatic carbocycles. The minimum absolute atomic E-state index is 0.118. The molecule has 7 nitrogen and oxygen atoms in total. The molecule has 1 atom stereocenters. The van der Waals surface area contributed by atoms with Crippen molar-refractivity contribution < 1.29 is 9.53 Å². The van der Waals surface area contributed by atoms with Crippen molar-refractivity contribution in [1.29, 1.82) is 0 Å². The first kappa shape index (κ1) is 21.1. The average Bonchev–Trinajstić information content (AvgIpc) is 2.68. The molecule has 0 spiro atoms. The van der Waals surface area contributed by atoms with E-state index < -0.39 is 0 Å². The Hall–Kier alpha value is -1.57. The smallest absolute Gasteiger partial charge is 0.224 e. The number of ether oxygens (including phenoxy) is 1. The van der Waals surface area contributed by atoms with Crippen LogP contribution < -0.4 is 5.32 Å². The van der Waals surface area contributed by atoms with Crippen LogP contribution in [-0.2, 0) is 16.1 Å². The molecule has 0 bridgehead atoms. The maximum atomic E-state index is 12.4. The first-order chi connectivity index (χ1) is 13.5. The van der Waals surface area contributed by atoms with Gasteiger partial charge in [0.05, 0.1) is 19.1 Å². The SMILES string of the molecule is COCCNC(=O)[C@@H]1CCCN(C2CCN(Cc3nc(C)cc(C)n3)CC2)C1. The topological polar surface area (TPSA) is 70.6 Å². The molecular formula is C21H35N5O2. The zero-order chi connectivity index (χ0) is 19.9. The van der Waals surface area contributed by atoms with Crippen LogP contribution in [0, 0.1) is 19.8 Å². The van der Waals surface area contributed by atoms with Crippen molar-refractivity contribution in [1.82, 2.24) is 25.1 Å². The van der Waals surface area contributed by atoms with Crippen LogP contribution in [0.5, 0.6) is 0 Å².